The smallest absolute Gasteiger partial charge is 0.410 e. The summed E-state index contributed by atoms with van der Waals surface area (Å²) < 4.78 is 11.3. The van der Waals surface area contributed by atoms with Gasteiger partial charge in [-0.15, -0.1) is 0 Å². The summed E-state index contributed by atoms with van der Waals surface area (Å²) in [6.07, 6.45) is 8.25. The van der Waals surface area contributed by atoms with Crippen LogP contribution in [-0.2, 0) is 22.4 Å². The average Bonchev–Trinajstić information content (AvgIpc) is 3.55. The van der Waals surface area contributed by atoms with Gasteiger partial charge in [-0.3, -0.25) is 9.69 Å². The number of hydrogen-bond acceptors (Lipinski definition) is 6. The van der Waals surface area contributed by atoms with Crippen LogP contribution < -0.4 is 10.9 Å². The molecule has 1 aromatic heterocycles. The van der Waals surface area contributed by atoms with Crippen LogP contribution in [0.3, 0.4) is 0 Å². The highest BCUT2D eigenvalue weighted by molar-refractivity contribution is 5.97. The molecule has 0 radical (unpaired) electrons. The summed E-state index contributed by atoms with van der Waals surface area (Å²) in [5.41, 5.74) is 1.47. The van der Waals surface area contributed by atoms with Crippen molar-refractivity contribution in [2.45, 2.75) is 103 Å². The Hall–Kier alpha value is -3.29. The van der Waals surface area contributed by atoms with E-state index in [1.54, 1.807) is 6.07 Å². The van der Waals surface area contributed by atoms with Crippen LogP contribution in [0.2, 0.25) is 0 Å². The molecule has 2 atom stereocenters. The molecule has 3 aliphatic rings. The maximum Gasteiger partial charge on any atom is 0.410 e. The lowest BCUT2D eigenvalue weighted by molar-refractivity contribution is -0.120. The van der Waals surface area contributed by atoms with Crippen LogP contribution in [0, 0.1) is 5.92 Å². The van der Waals surface area contributed by atoms with E-state index in [9.17, 15) is 19.5 Å². The highest BCUT2D eigenvalue weighted by Gasteiger charge is 2.39. The van der Waals surface area contributed by atoms with Gasteiger partial charge in [-0.25, -0.2) is 9.59 Å². The Balaban J connectivity index is 1.40. The zero-order valence-corrected chi connectivity index (χ0v) is 23.3. The lowest BCUT2D eigenvalue weighted by atomic mass is 9.85. The van der Waals surface area contributed by atoms with Crippen LogP contribution in [0.15, 0.2) is 33.5 Å². The molecule has 1 aromatic carbocycles. The van der Waals surface area contributed by atoms with Crippen molar-refractivity contribution in [2.75, 3.05) is 11.9 Å². The zero-order valence-electron chi connectivity index (χ0n) is 23.3. The average molecular weight is 537 g/mol. The van der Waals surface area contributed by atoms with Crippen molar-refractivity contribution < 1.29 is 23.8 Å². The normalized spacial score (nSPS) is 20.5. The van der Waals surface area contributed by atoms with E-state index in [0.29, 0.717) is 42.8 Å². The summed E-state index contributed by atoms with van der Waals surface area (Å²) in [7, 11) is 0. The molecule has 2 aliphatic carbocycles. The highest BCUT2D eigenvalue weighted by atomic mass is 16.6. The van der Waals surface area contributed by atoms with Gasteiger partial charge in [0.1, 0.15) is 23.2 Å². The Bertz CT molecular complexity index is 1290. The largest absolute Gasteiger partial charge is 0.507 e. The molecule has 39 heavy (non-hydrogen) atoms. The number of amides is 2. The minimum atomic E-state index is -0.639. The second-order valence-electron chi connectivity index (χ2n) is 12.2. The molecule has 2 aromatic rings. The monoisotopic (exact) mass is 536 g/mol. The van der Waals surface area contributed by atoms with Crippen molar-refractivity contribution in [1.82, 2.24) is 4.90 Å². The molecule has 1 aliphatic heterocycles. The zero-order chi connectivity index (χ0) is 27.7. The first-order chi connectivity index (χ1) is 18.6. The first-order valence-corrected chi connectivity index (χ1v) is 14.4. The van der Waals surface area contributed by atoms with Crippen LogP contribution >= 0.6 is 0 Å². The number of benzene rings is 1. The van der Waals surface area contributed by atoms with Gasteiger partial charge >= 0.3 is 11.7 Å². The first-order valence-electron chi connectivity index (χ1n) is 14.4. The molecule has 8 nitrogen and oxygen atoms in total. The molecule has 2 unspecified atom stereocenters. The van der Waals surface area contributed by atoms with E-state index in [1.807, 2.05) is 39.0 Å². The molecule has 2 heterocycles. The van der Waals surface area contributed by atoms with Gasteiger partial charge in [0.2, 0.25) is 5.91 Å². The summed E-state index contributed by atoms with van der Waals surface area (Å²) in [6, 6.07) is 6.88. The first kappa shape index (κ1) is 27.3. The molecule has 210 valence electrons. The second kappa shape index (κ2) is 11.1. The molecule has 0 spiro atoms. The van der Waals surface area contributed by atoms with Gasteiger partial charge in [-0.05, 0) is 89.3 Å². The van der Waals surface area contributed by atoms with E-state index in [4.69, 9.17) is 9.15 Å². The topological polar surface area (TPSA) is 109 Å². The molecular formula is C31H40N2O6. The predicted octanol–water partition coefficient (Wildman–Crippen LogP) is 5.88. The van der Waals surface area contributed by atoms with Gasteiger partial charge in [0.25, 0.3) is 0 Å². The minimum Gasteiger partial charge on any atom is -0.507 e. The molecule has 0 bridgehead atoms. The van der Waals surface area contributed by atoms with Gasteiger partial charge in [0.15, 0.2) is 0 Å². The second-order valence-corrected chi connectivity index (χ2v) is 12.2. The lowest BCUT2D eigenvalue weighted by Gasteiger charge is -2.28. The number of ether oxygens (including phenoxy) is 1. The van der Waals surface area contributed by atoms with Crippen molar-refractivity contribution in [3.63, 3.8) is 0 Å². The Morgan fingerprint density at radius 1 is 1.08 bits per heavy atom. The number of aromatic hydroxyl groups is 1. The molecule has 5 rings (SSSR count). The summed E-state index contributed by atoms with van der Waals surface area (Å²) in [6.45, 7) is 5.90. The molecule has 1 saturated heterocycles. The van der Waals surface area contributed by atoms with Crippen molar-refractivity contribution in [2.24, 2.45) is 5.92 Å². The number of fused-ring (bicyclic) bond motifs is 1. The fourth-order valence-electron chi connectivity index (χ4n) is 6.01. The van der Waals surface area contributed by atoms with Crippen molar-refractivity contribution >= 4 is 17.7 Å². The lowest BCUT2D eigenvalue weighted by Crippen LogP contribution is -2.45. The number of aryl methyl sites for hydroxylation is 1. The third kappa shape index (κ3) is 6.15. The highest BCUT2D eigenvalue weighted by Crippen LogP contribution is 2.49. The van der Waals surface area contributed by atoms with E-state index >= 15 is 0 Å². The number of hydrogen-bond donors (Lipinski definition) is 2. The minimum absolute atomic E-state index is 0.0912. The third-order valence-corrected chi connectivity index (χ3v) is 8.00. The quantitative estimate of drug-likeness (QED) is 0.494. The molecule has 2 amide bonds. The number of likely N-dealkylation sites (tertiary alicyclic amines) is 1. The molecule has 2 N–H and O–H groups in total. The van der Waals surface area contributed by atoms with Crippen LogP contribution in [0.25, 0.3) is 0 Å². The fourth-order valence-corrected chi connectivity index (χ4v) is 6.01. The Labute approximate surface area is 229 Å². The predicted molar refractivity (Wildman–Crippen MR) is 148 cm³/mol. The van der Waals surface area contributed by atoms with E-state index in [0.717, 1.165) is 56.1 Å². The Morgan fingerprint density at radius 3 is 2.54 bits per heavy atom. The number of nitrogens with zero attached hydrogens (tertiary/aromatic N) is 1. The van der Waals surface area contributed by atoms with E-state index < -0.39 is 23.4 Å². The van der Waals surface area contributed by atoms with Crippen molar-refractivity contribution in [3.05, 3.63) is 57.1 Å². The number of carbonyl (C=O) groups excluding carboxylic acids is 2. The Kier molecular flexibility index (Phi) is 7.74. The summed E-state index contributed by atoms with van der Waals surface area (Å²) >= 11 is 0. The molecular weight excluding hydrogens is 496 g/mol. The summed E-state index contributed by atoms with van der Waals surface area (Å²) in [5, 5.41) is 14.4. The van der Waals surface area contributed by atoms with E-state index in [2.05, 4.69) is 5.32 Å². The van der Waals surface area contributed by atoms with Crippen LogP contribution in [0.5, 0.6) is 5.75 Å². The van der Waals surface area contributed by atoms with Crippen molar-refractivity contribution in [3.8, 4) is 5.75 Å². The standard InChI is InChI=1S/C31H40N2O6/c1-31(2,3)39-30(37)33-17-9-13-23(33)28(35)32-21-11-8-10-20(18-21)25(19-15-16-19)26-27(34)22-12-6-4-5-7-14-24(22)38-29(26)36/h8,10-11,18-19,23,25,34H,4-7,9,12-17H2,1-3H3,(H,32,35). The number of carbonyl (C=O) groups is 2. The molecule has 8 heteroatoms. The van der Waals surface area contributed by atoms with Crippen LogP contribution in [0.4, 0.5) is 10.5 Å². The maximum atomic E-state index is 13.3. The number of nitrogens with one attached hydrogen (secondary N) is 1. The van der Waals surface area contributed by atoms with Gasteiger partial charge in [-0.1, -0.05) is 25.0 Å². The maximum absolute atomic E-state index is 13.3. The summed E-state index contributed by atoms with van der Waals surface area (Å²) in [5.74, 6) is 0.380. The molecule has 2 fully saturated rings. The van der Waals surface area contributed by atoms with Gasteiger partial charge in [-0.2, -0.15) is 0 Å². The fraction of sp³-hybridized carbons (Fsp3) is 0.581. The van der Waals surface area contributed by atoms with E-state index in [1.165, 1.54) is 4.90 Å². The third-order valence-electron chi connectivity index (χ3n) is 8.00. The Morgan fingerprint density at radius 2 is 1.82 bits per heavy atom. The van der Waals surface area contributed by atoms with Gasteiger partial charge < -0.3 is 19.6 Å². The number of anilines is 1. The van der Waals surface area contributed by atoms with Crippen molar-refractivity contribution in [1.29, 1.82) is 0 Å². The van der Waals surface area contributed by atoms with Crippen LogP contribution in [0.1, 0.15) is 101 Å². The molecule has 1 saturated carbocycles. The van der Waals surface area contributed by atoms with Crippen LogP contribution in [-0.4, -0.2) is 40.2 Å². The SMILES string of the molecule is CC(C)(C)OC(=O)N1CCCC1C(=O)Nc1cccc(C(c2c(O)c3c(oc2=O)CCCCCC3)C2CC2)c1. The summed E-state index contributed by atoms with van der Waals surface area (Å²) in [4.78, 5) is 40.7. The van der Waals surface area contributed by atoms with E-state index in [-0.39, 0.29) is 23.5 Å². The van der Waals surface area contributed by atoms with Gasteiger partial charge in [0, 0.05) is 30.1 Å². The number of rotatable bonds is 5. The van der Waals surface area contributed by atoms with Gasteiger partial charge in [0.05, 0.1) is 5.56 Å².